The van der Waals surface area contributed by atoms with E-state index in [-0.39, 0.29) is 5.56 Å². The molecule has 1 N–H and O–H groups in total. The predicted molar refractivity (Wildman–Crippen MR) is 60.5 cm³/mol. The van der Waals surface area contributed by atoms with Crippen LogP contribution >= 0.6 is 0 Å². The molecule has 1 rings (SSSR count). The summed E-state index contributed by atoms with van der Waals surface area (Å²) in [6.45, 7) is 2.01. The van der Waals surface area contributed by atoms with Crippen molar-refractivity contribution >= 4 is 0 Å². The van der Waals surface area contributed by atoms with Crippen molar-refractivity contribution in [2.24, 2.45) is 0 Å². The maximum Gasteiger partial charge on any atom is 0.416 e. The van der Waals surface area contributed by atoms with Crippen LogP contribution in [0.1, 0.15) is 49.8 Å². The van der Waals surface area contributed by atoms with Crippen LogP contribution in [0.4, 0.5) is 13.2 Å². The summed E-state index contributed by atoms with van der Waals surface area (Å²) < 4.78 is 38.1. The lowest BCUT2D eigenvalue weighted by Crippen LogP contribution is -2.11. The third kappa shape index (κ3) is 4.04. The third-order valence-corrected chi connectivity index (χ3v) is 2.71. The van der Waals surface area contributed by atoms with Gasteiger partial charge in [0.2, 0.25) is 0 Å². The van der Waals surface area contributed by atoms with Crippen LogP contribution < -0.4 is 0 Å². The second kappa shape index (κ2) is 6.05. The Labute approximate surface area is 99.3 Å². The summed E-state index contributed by atoms with van der Waals surface area (Å²) in [7, 11) is 0. The highest BCUT2D eigenvalue weighted by molar-refractivity contribution is 5.31. The Morgan fingerprint density at radius 3 is 2.41 bits per heavy atom. The first-order chi connectivity index (χ1) is 7.96. The first-order valence-corrected chi connectivity index (χ1v) is 5.81. The lowest BCUT2D eigenvalue weighted by Gasteiger charge is -2.17. The molecule has 1 aromatic rings. The Balaban J connectivity index is 2.82. The molecule has 0 saturated carbocycles. The summed E-state index contributed by atoms with van der Waals surface area (Å²) in [5.41, 5.74) is -0.750. The average molecular weight is 246 g/mol. The van der Waals surface area contributed by atoms with Gasteiger partial charge in [0, 0.05) is 0 Å². The molecule has 17 heavy (non-hydrogen) atoms. The Morgan fingerprint density at radius 1 is 1.18 bits per heavy atom. The number of hydrogen-bond acceptors (Lipinski definition) is 1. The Bertz CT molecular complexity index is 347. The second-order valence-electron chi connectivity index (χ2n) is 4.10. The van der Waals surface area contributed by atoms with Crippen molar-refractivity contribution < 1.29 is 18.3 Å². The molecule has 1 aromatic carbocycles. The van der Waals surface area contributed by atoms with Gasteiger partial charge in [0.15, 0.2) is 0 Å². The summed E-state index contributed by atoms with van der Waals surface area (Å²) in [5, 5.41) is 9.79. The molecule has 0 aliphatic carbocycles. The zero-order chi connectivity index (χ0) is 12.9. The van der Waals surface area contributed by atoms with Gasteiger partial charge in [-0.2, -0.15) is 13.2 Å². The lowest BCUT2D eigenvalue weighted by molar-refractivity contribution is -0.139. The van der Waals surface area contributed by atoms with Crippen LogP contribution in [0.3, 0.4) is 0 Å². The number of halogens is 3. The highest BCUT2D eigenvalue weighted by atomic mass is 19.4. The molecule has 0 aliphatic heterocycles. The second-order valence-corrected chi connectivity index (χ2v) is 4.10. The minimum atomic E-state index is -4.40. The number of aliphatic hydroxyl groups is 1. The fourth-order valence-electron chi connectivity index (χ4n) is 1.79. The van der Waals surface area contributed by atoms with E-state index in [4.69, 9.17) is 0 Å². The van der Waals surface area contributed by atoms with E-state index in [0.29, 0.717) is 6.42 Å². The van der Waals surface area contributed by atoms with E-state index < -0.39 is 17.8 Å². The van der Waals surface area contributed by atoms with Crippen molar-refractivity contribution in [3.63, 3.8) is 0 Å². The van der Waals surface area contributed by atoms with Crippen LogP contribution in [0.5, 0.6) is 0 Å². The first kappa shape index (κ1) is 14.0. The van der Waals surface area contributed by atoms with Gasteiger partial charge in [-0.3, -0.25) is 0 Å². The van der Waals surface area contributed by atoms with Gasteiger partial charge in [-0.15, -0.1) is 0 Å². The van der Waals surface area contributed by atoms with Gasteiger partial charge in [-0.05, 0) is 18.1 Å². The highest BCUT2D eigenvalue weighted by Gasteiger charge is 2.34. The van der Waals surface area contributed by atoms with Crippen molar-refractivity contribution in [1.29, 1.82) is 0 Å². The Hall–Kier alpha value is -1.03. The van der Waals surface area contributed by atoms with E-state index in [0.717, 1.165) is 25.3 Å². The molecule has 96 valence electrons. The molecular formula is C13H17F3O. The molecule has 0 aliphatic rings. The largest absolute Gasteiger partial charge is 0.416 e. The molecule has 0 bridgehead atoms. The van der Waals surface area contributed by atoms with Crippen molar-refractivity contribution in [3.05, 3.63) is 35.4 Å². The van der Waals surface area contributed by atoms with Crippen molar-refractivity contribution in [2.45, 2.75) is 44.9 Å². The fraction of sp³-hybridized carbons (Fsp3) is 0.538. The Kier molecular flexibility index (Phi) is 5.00. The van der Waals surface area contributed by atoms with Gasteiger partial charge in [0.05, 0.1) is 11.7 Å². The highest BCUT2D eigenvalue weighted by Crippen LogP contribution is 2.35. The Morgan fingerprint density at radius 2 is 1.82 bits per heavy atom. The summed E-state index contributed by atoms with van der Waals surface area (Å²) in [5.74, 6) is 0. The van der Waals surface area contributed by atoms with E-state index in [1.165, 1.54) is 18.2 Å². The van der Waals surface area contributed by atoms with Crippen LogP contribution in [-0.2, 0) is 6.18 Å². The van der Waals surface area contributed by atoms with E-state index in [9.17, 15) is 18.3 Å². The van der Waals surface area contributed by atoms with Gasteiger partial charge in [0.25, 0.3) is 0 Å². The SMILES string of the molecule is CCCCCC(O)c1ccccc1C(F)(F)F. The van der Waals surface area contributed by atoms with E-state index in [2.05, 4.69) is 0 Å². The number of rotatable bonds is 5. The van der Waals surface area contributed by atoms with Gasteiger partial charge >= 0.3 is 6.18 Å². The molecule has 1 atom stereocenters. The minimum absolute atomic E-state index is 0.0175. The molecule has 0 spiro atoms. The molecule has 1 nitrogen and oxygen atoms in total. The van der Waals surface area contributed by atoms with Crippen LogP contribution in [-0.4, -0.2) is 5.11 Å². The van der Waals surface area contributed by atoms with Crippen molar-refractivity contribution in [2.75, 3.05) is 0 Å². The summed E-state index contributed by atoms with van der Waals surface area (Å²) in [6, 6.07) is 5.22. The zero-order valence-electron chi connectivity index (χ0n) is 9.80. The number of alkyl halides is 3. The maximum atomic E-state index is 12.7. The number of aliphatic hydroxyl groups excluding tert-OH is 1. The molecule has 4 heteroatoms. The molecular weight excluding hydrogens is 229 g/mol. The minimum Gasteiger partial charge on any atom is -0.388 e. The van der Waals surface area contributed by atoms with Gasteiger partial charge in [-0.25, -0.2) is 0 Å². The lowest BCUT2D eigenvalue weighted by atomic mass is 9.98. The van der Waals surface area contributed by atoms with Crippen molar-refractivity contribution in [1.82, 2.24) is 0 Å². The smallest absolute Gasteiger partial charge is 0.388 e. The summed E-state index contributed by atoms with van der Waals surface area (Å²) in [4.78, 5) is 0. The van der Waals surface area contributed by atoms with E-state index in [1.54, 1.807) is 0 Å². The normalized spacial score (nSPS) is 13.7. The van der Waals surface area contributed by atoms with Crippen molar-refractivity contribution in [3.8, 4) is 0 Å². The maximum absolute atomic E-state index is 12.7. The molecule has 0 aromatic heterocycles. The van der Waals surface area contributed by atoms with Crippen LogP contribution in [0.2, 0.25) is 0 Å². The number of unbranched alkanes of at least 4 members (excludes halogenated alkanes) is 2. The number of benzene rings is 1. The van der Waals surface area contributed by atoms with E-state index in [1.807, 2.05) is 6.92 Å². The van der Waals surface area contributed by atoms with Gasteiger partial charge in [0.1, 0.15) is 0 Å². The van der Waals surface area contributed by atoms with Crippen LogP contribution in [0, 0.1) is 0 Å². The molecule has 1 unspecified atom stereocenters. The quantitative estimate of drug-likeness (QED) is 0.767. The number of hydrogen-bond donors (Lipinski definition) is 1. The molecule has 0 fully saturated rings. The molecule has 0 saturated heterocycles. The third-order valence-electron chi connectivity index (χ3n) is 2.71. The average Bonchev–Trinajstić information content (AvgIpc) is 2.28. The molecule has 0 amide bonds. The van der Waals surface area contributed by atoms with Crippen LogP contribution in [0.25, 0.3) is 0 Å². The topological polar surface area (TPSA) is 20.2 Å². The molecule has 0 heterocycles. The summed E-state index contributed by atoms with van der Waals surface area (Å²) in [6.07, 6.45) is -2.41. The van der Waals surface area contributed by atoms with E-state index >= 15 is 0 Å². The summed E-state index contributed by atoms with van der Waals surface area (Å²) >= 11 is 0. The first-order valence-electron chi connectivity index (χ1n) is 5.81. The fourth-order valence-corrected chi connectivity index (χ4v) is 1.79. The van der Waals surface area contributed by atoms with Crippen LogP contribution in [0.15, 0.2) is 24.3 Å². The standard InChI is InChI=1S/C13H17F3O/c1-2-3-4-9-12(17)10-7-5-6-8-11(10)13(14,15)16/h5-8,12,17H,2-4,9H2,1H3. The zero-order valence-corrected chi connectivity index (χ0v) is 9.80. The molecule has 0 radical (unpaired) electrons. The predicted octanol–water partition coefficient (Wildman–Crippen LogP) is 4.32. The van der Waals surface area contributed by atoms with Gasteiger partial charge in [-0.1, -0.05) is 44.4 Å². The van der Waals surface area contributed by atoms with Gasteiger partial charge < -0.3 is 5.11 Å². The monoisotopic (exact) mass is 246 g/mol.